The van der Waals surface area contributed by atoms with E-state index < -0.39 is 0 Å². The molecule has 12 heavy (non-hydrogen) atoms. The largest absolute Gasteiger partial charge is 0.396 e. The van der Waals surface area contributed by atoms with Crippen LogP contribution >= 0.6 is 0 Å². The van der Waals surface area contributed by atoms with Gasteiger partial charge in [-0.25, -0.2) is 0 Å². The van der Waals surface area contributed by atoms with Gasteiger partial charge in [-0.2, -0.15) is 5.10 Å². The number of H-pyrrole nitrogens is 1. The minimum atomic E-state index is 0.616. The zero-order valence-corrected chi connectivity index (χ0v) is 7.59. The second-order valence-electron chi connectivity index (χ2n) is 3.92. The van der Waals surface area contributed by atoms with Crippen LogP contribution in [0.15, 0.2) is 0 Å². The van der Waals surface area contributed by atoms with Gasteiger partial charge < -0.3 is 5.73 Å². The molecule has 3 nitrogen and oxygen atoms in total. The SMILES string of the molecule is Cc1[nH]nc(C2CC(C)C2)c1N. The second-order valence-corrected chi connectivity index (χ2v) is 3.92. The maximum absolute atomic E-state index is 5.86. The highest BCUT2D eigenvalue weighted by atomic mass is 15.1. The van der Waals surface area contributed by atoms with Crippen LogP contribution < -0.4 is 5.73 Å². The normalized spacial score (nSPS) is 28.5. The molecule has 0 aromatic carbocycles. The van der Waals surface area contributed by atoms with Gasteiger partial charge in [-0.05, 0) is 25.7 Å². The maximum Gasteiger partial charge on any atom is 0.0885 e. The lowest BCUT2D eigenvalue weighted by Gasteiger charge is -2.31. The number of nitrogen functional groups attached to an aromatic ring is 1. The molecule has 1 aliphatic carbocycles. The quantitative estimate of drug-likeness (QED) is 0.666. The number of aryl methyl sites for hydroxylation is 1. The molecular formula is C9H15N3. The molecule has 1 aromatic heterocycles. The van der Waals surface area contributed by atoms with Crippen molar-refractivity contribution in [1.82, 2.24) is 10.2 Å². The highest BCUT2D eigenvalue weighted by molar-refractivity contribution is 5.49. The molecule has 1 fully saturated rings. The molecule has 0 saturated heterocycles. The van der Waals surface area contributed by atoms with E-state index in [0.29, 0.717) is 5.92 Å². The van der Waals surface area contributed by atoms with E-state index in [1.807, 2.05) is 6.92 Å². The smallest absolute Gasteiger partial charge is 0.0885 e. The lowest BCUT2D eigenvalue weighted by molar-refractivity contribution is 0.284. The summed E-state index contributed by atoms with van der Waals surface area (Å²) in [7, 11) is 0. The molecule has 0 unspecified atom stereocenters. The lowest BCUT2D eigenvalue weighted by atomic mass is 9.74. The van der Waals surface area contributed by atoms with Gasteiger partial charge in [0.1, 0.15) is 0 Å². The van der Waals surface area contributed by atoms with Gasteiger partial charge in [0.2, 0.25) is 0 Å². The summed E-state index contributed by atoms with van der Waals surface area (Å²) in [6, 6.07) is 0. The Kier molecular flexibility index (Phi) is 1.60. The lowest BCUT2D eigenvalue weighted by Crippen LogP contribution is -2.20. The van der Waals surface area contributed by atoms with Crippen molar-refractivity contribution in [1.29, 1.82) is 0 Å². The van der Waals surface area contributed by atoms with Gasteiger partial charge in [-0.3, -0.25) is 5.10 Å². The van der Waals surface area contributed by atoms with Crippen LogP contribution in [0.25, 0.3) is 0 Å². The summed E-state index contributed by atoms with van der Waals surface area (Å²) in [5.41, 5.74) is 8.82. The Bertz CT molecular complexity index is 284. The number of aromatic amines is 1. The van der Waals surface area contributed by atoms with Crippen molar-refractivity contribution in [3.63, 3.8) is 0 Å². The molecule has 0 radical (unpaired) electrons. The third kappa shape index (κ3) is 1.00. The molecule has 0 aliphatic heterocycles. The van der Waals surface area contributed by atoms with Crippen LogP contribution in [0, 0.1) is 12.8 Å². The molecule has 66 valence electrons. The van der Waals surface area contributed by atoms with Crippen LogP contribution in [0.3, 0.4) is 0 Å². The molecule has 0 bridgehead atoms. The van der Waals surface area contributed by atoms with Crippen molar-refractivity contribution in [2.75, 3.05) is 5.73 Å². The number of nitrogens with one attached hydrogen (secondary N) is 1. The van der Waals surface area contributed by atoms with Crippen LogP contribution in [-0.2, 0) is 0 Å². The Balaban J connectivity index is 2.18. The molecule has 3 heteroatoms. The average molecular weight is 165 g/mol. The fourth-order valence-corrected chi connectivity index (χ4v) is 1.89. The Morgan fingerprint density at radius 1 is 1.50 bits per heavy atom. The third-order valence-electron chi connectivity index (χ3n) is 2.78. The number of hydrogen-bond donors (Lipinski definition) is 2. The van der Waals surface area contributed by atoms with E-state index >= 15 is 0 Å². The summed E-state index contributed by atoms with van der Waals surface area (Å²) in [5, 5.41) is 7.15. The monoisotopic (exact) mass is 165 g/mol. The van der Waals surface area contributed by atoms with Crippen molar-refractivity contribution in [3.05, 3.63) is 11.4 Å². The fourth-order valence-electron chi connectivity index (χ4n) is 1.89. The first-order valence-electron chi connectivity index (χ1n) is 4.48. The van der Waals surface area contributed by atoms with Gasteiger partial charge in [-0.15, -0.1) is 0 Å². The standard InChI is InChI=1S/C9H15N3/c1-5-3-7(4-5)9-8(10)6(2)11-12-9/h5,7H,3-4,10H2,1-2H3,(H,11,12). The van der Waals surface area contributed by atoms with Crippen molar-refractivity contribution >= 4 is 5.69 Å². The zero-order valence-electron chi connectivity index (χ0n) is 7.59. The van der Waals surface area contributed by atoms with Crippen molar-refractivity contribution in [3.8, 4) is 0 Å². The summed E-state index contributed by atoms with van der Waals surface area (Å²) in [6.45, 7) is 4.24. The number of nitrogens with two attached hydrogens (primary N) is 1. The summed E-state index contributed by atoms with van der Waals surface area (Å²) >= 11 is 0. The van der Waals surface area contributed by atoms with E-state index in [2.05, 4.69) is 17.1 Å². The van der Waals surface area contributed by atoms with E-state index in [4.69, 9.17) is 5.73 Å². The number of hydrogen-bond acceptors (Lipinski definition) is 2. The first-order chi connectivity index (χ1) is 5.68. The molecule has 2 rings (SSSR count). The summed E-state index contributed by atoms with van der Waals surface area (Å²) in [5.74, 6) is 1.47. The van der Waals surface area contributed by atoms with E-state index in [9.17, 15) is 0 Å². The first-order valence-corrected chi connectivity index (χ1v) is 4.48. The Labute approximate surface area is 72.4 Å². The minimum Gasteiger partial charge on any atom is -0.396 e. The molecule has 0 amide bonds. The molecule has 1 heterocycles. The number of anilines is 1. The predicted molar refractivity (Wildman–Crippen MR) is 48.9 cm³/mol. The summed E-state index contributed by atoms with van der Waals surface area (Å²) < 4.78 is 0. The van der Waals surface area contributed by atoms with Gasteiger partial charge >= 0.3 is 0 Å². The van der Waals surface area contributed by atoms with Crippen LogP contribution in [0.2, 0.25) is 0 Å². The molecule has 1 aliphatic rings. The van der Waals surface area contributed by atoms with Crippen LogP contribution in [0.4, 0.5) is 5.69 Å². The first kappa shape index (κ1) is 7.65. The van der Waals surface area contributed by atoms with Crippen molar-refractivity contribution in [2.45, 2.75) is 32.6 Å². The van der Waals surface area contributed by atoms with Gasteiger partial charge in [0.15, 0.2) is 0 Å². The maximum atomic E-state index is 5.86. The van der Waals surface area contributed by atoms with Crippen molar-refractivity contribution < 1.29 is 0 Å². The summed E-state index contributed by atoms with van der Waals surface area (Å²) in [4.78, 5) is 0. The Morgan fingerprint density at radius 3 is 2.58 bits per heavy atom. The van der Waals surface area contributed by atoms with E-state index in [-0.39, 0.29) is 0 Å². The number of rotatable bonds is 1. The van der Waals surface area contributed by atoms with Gasteiger partial charge in [0.25, 0.3) is 0 Å². The van der Waals surface area contributed by atoms with E-state index in [1.165, 1.54) is 12.8 Å². The topological polar surface area (TPSA) is 54.7 Å². The molecule has 0 spiro atoms. The highest BCUT2D eigenvalue weighted by Gasteiger charge is 2.30. The fraction of sp³-hybridized carbons (Fsp3) is 0.667. The van der Waals surface area contributed by atoms with Gasteiger partial charge in [0, 0.05) is 5.92 Å². The van der Waals surface area contributed by atoms with E-state index in [0.717, 1.165) is 23.0 Å². The molecule has 1 aromatic rings. The highest BCUT2D eigenvalue weighted by Crippen LogP contribution is 2.42. The van der Waals surface area contributed by atoms with Crippen LogP contribution in [0.1, 0.15) is 37.1 Å². The minimum absolute atomic E-state index is 0.616. The van der Waals surface area contributed by atoms with Gasteiger partial charge in [0.05, 0.1) is 17.1 Å². The molecule has 1 saturated carbocycles. The van der Waals surface area contributed by atoms with E-state index in [1.54, 1.807) is 0 Å². The molecule has 0 atom stereocenters. The second kappa shape index (κ2) is 2.51. The zero-order chi connectivity index (χ0) is 8.72. The number of aromatic nitrogens is 2. The Hall–Kier alpha value is -0.990. The molecule has 3 N–H and O–H groups in total. The third-order valence-corrected chi connectivity index (χ3v) is 2.78. The summed E-state index contributed by atoms with van der Waals surface area (Å²) in [6.07, 6.45) is 2.49. The van der Waals surface area contributed by atoms with Crippen LogP contribution in [0.5, 0.6) is 0 Å². The Morgan fingerprint density at radius 2 is 2.17 bits per heavy atom. The number of nitrogens with zero attached hydrogens (tertiary/aromatic N) is 1. The van der Waals surface area contributed by atoms with Gasteiger partial charge in [-0.1, -0.05) is 6.92 Å². The molecular weight excluding hydrogens is 150 g/mol. The predicted octanol–water partition coefficient (Wildman–Crippen LogP) is 1.81. The van der Waals surface area contributed by atoms with Crippen LogP contribution in [-0.4, -0.2) is 10.2 Å². The average Bonchev–Trinajstić information content (AvgIpc) is 2.28. The van der Waals surface area contributed by atoms with Crippen molar-refractivity contribution in [2.24, 2.45) is 5.92 Å².